The Labute approximate surface area is 77.0 Å². The number of aliphatic hydroxyl groups is 1. The molecule has 1 heterocycles. The maximum atomic E-state index is 11.7. The van der Waals surface area contributed by atoms with Crippen molar-refractivity contribution in [2.24, 2.45) is 0 Å². The molecule has 13 heavy (non-hydrogen) atoms. The van der Waals surface area contributed by atoms with Gasteiger partial charge in [0.2, 0.25) is 0 Å². The molecule has 0 aliphatic heterocycles. The molecule has 0 aromatic carbocycles. The van der Waals surface area contributed by atoms with Crippen LogP contribution in [-0.4, -0.2) is 16.3 Å². The highest BCUT2D eigenvalue weighted by molar-refractivity contribution is 7.09. The molecule has 6 heteroatoms. The molecule has 0 spiro atoms. The molecule has 0 fully saturated rings. The van der Waals surface area contributed by atoms with E-state index in [4.69, 9.17) is 0 Å². The van der Waals surface area contributed by atoms with Crippen molar-refractivity contribution >= 4 is 11.3 Å². The van der Waals surface area contributed by atoms with Gasteiger partial charge in [-0.2, -0.15) is 13.2 Å². The predicted molar refractivity (Wildman–Crippen MR) is 42.4 cm³/mol. The summed E-state index contributed by atoms with van der Waals surface area (Å²) in [5.74, 6) is 0. The minimum atomic E-state index is -4.20. The third-order valence-electron chi connectivity index (χ3n) is 1.48. The van der Waals surface area contributed by atoms with E-state index in [1.165, 1.54) is 11.7 Å². The molecule has 1 rings (SSSR count). The second kappa shape index (κ2) is 4.06. The lowest BCUT2D eigenvalue weighted by Gasteiger charge is -2.09. The van der Waals surface area contributed by atoms with E-state index in [1.807, 2.05) is 0 Å². The van der Waals surface area contributed by atoms with Crippen molar-refractivity contribution in [1.82, 2.24) is 4.98 Å². The van der Waals surface area contributed by atoms with Crippen LogP contribution in [0.5, 0.6) is 0 Å². The summed E-state index contributed by atoms with van der Waals surface area (Å²) in [4.78, 5) is 4.14. The number of hydrogen-bond acceptors (Lipinski definition) is 3. The van der Waals surface area contributed by atoms with Crippen LogP contribution in [-0.2, 0) is 0 Å². The van der Waals surface area contributed by atoms with Gasteiger partial charge in [0.25, 0.3) is 0 Å². The first-order chi connectivity index (χ1) is 5.99. The molecule has 1 aromatic rings. The first kappa shape index (κ1) is 10.5. The summed E-state index contributed by atoms with van der Waals surface area (Å²) >= 11 is 1.15. The molecule has 74 valence electrons. The lowest BCUT2D eigenvalue weighted by Crippen LogP contribution is -2.09. The van der Waals surface area contributed by atoms with Crippen LogP contribution >= 0.6 is 11.3 Å². The van der Waals surface area contributed by atoms with E-state index < -0.39 is 18.7 Å². The van der Waals surface area contributed by atoms with Gasteiger partial charge in [0.05, 0.1) is 16.5 Å². The maximum absolute atomic E-state index is 11.7. The zero-order valence-electron chi connectivity index (χ0n) is 6.58. The summed E-state index contributed by atoms with van der Waals surface area (Å²) in [6, 6.07) is 0. The van der Waals surface area contributed by atoms with Crippen LogP contribution in [0.15, 0.2) is 11.7 Å². The van der Waals surface area contributed by atoms with Crippen LogP contribution in [0, 0.1) is 0 Å². The molecule has 1 atom stereocenters. The molecule has 0 bridgehead atoms. The van der Waals surface area contributed by atoms with Gasteiger partial charge in [-0.1, -0.05) is 0 Å². The Morgan fingerprint density at radius 3 is 2.69 bits per heavy atom. The van der Waals surface area contributed by atoms with Crippen LogP contribution in [0.2, 0.25) is 0 Å². The van der Waals surface area contributed by atoms with Crippen molar-refractivity contribution in [3.05, 3.63) is 16.6 Å². The van der Waals surface area contributed by atoms with Gasteiger partial charge in [0, 0.05) is 12.6 Å². The van der Waals surface area contributed by atoms with Crippen LogP contribution in [0.1, 0.15) is 23.8 Å². The van der Waals surface area contributed by atoms with Gasteiger partial charge in [-0.25, -0.2) is 0 Å². The second-order valence-electron chi connectivity index (χ2n) is 2.57. The number of hydrogen-bond donors (Lipinski definition) is 1. The first-order valence-electron chi connectivity index (χ1n) is 3.62. The van der Waals surface area contributed by atoms with Crippen LogP contribution in [0.3, 0.4) is 0 Å². The number of nitrogens with zero attached hydrogens (tertiary/aromatic N) is 1. The SMILES string of the molecule is OC(CCC(F)(F)F)c1cncs1. The van der Waals surface area contributed by atoms with E-state index in [-0.39, 0.29) is 6.42 Å². The molecular weight excluding hydrogens is 203 g/mol. The summed E-state index contributed by atoms with van der Waals surface area (Å²) in [6.45, 7) is 0. The fourth-order valence-electron chi connectivity index (χ4n) is 0.833. The van der Waals surface area contributed by atoms with Gasteiger partial charge < -0.3 is 5.11 Å². The highest BCUT2D eigenvalue weighted by atomic mass is 32.1. The number of aromatic nitrogens is 1. The molecule has 0 saturated carbocycles. The van der Waals surface area contributed by atoms with Gasteiger partial charge >= 0.3 is 6.18 Å². The van der Waals surface area contributed by atoms with Crippen molar-refractivity contribution in [1.29, 1.82) is 0 Å². The van der Waals surface area contributed by atoms with Crippen LogP contribution in [0.25, 0.3) is 0 Å². The molecule has 1 N–H and O–H groups in total. The molecule has 1 aromatic heterocycles. The number of alkyl halides is 3. The average molecular weight is 211 g/mol. The molecule has 2 nitrogen and oxygen atoms in total. The normalized spacial score (nSPS) is 14.5. The molecule has 0 radical (unpaired) electrons. The smallest absolute Gasteiger partial charge is 0.388 e. The lowest BCUT2D eigenvalue weighted by atomic mass is 10.2. The number of halogens is 3. The Bertz CT molecular complexity index is 247. The Morgan fingerprint density at radius 2 is 2.23 bits per heavy atom. The minimum Gasteiger partial charge on any atom is -0.388 e. The van der Waals surface area contributed by atoms with Gasteiger partial charge in [0.15, 0.2) is 0 Å². The summed E-state index contributed by atoms with van der Waals surface area (Å²) in [7, 11) is 0. The highest BCUT2D eigenvalue weighted by Gasteiger charge is 2.28. The van der Waals surface area contributed by atoms with Crippen molar-refractivity contribution in [2.45, 2.75) is 25.1 Å². The zero-order valence-corrected chi connectivity index (χ0v) is 7.40. The molecular formula is C7H8F3NOS. The standard InChI is InChI=1S/C7H8F3NOS/c8-7(9,10)2-1-5(12)6-3-11-4-13-6/h3-5,12H,1-2H2. The van der Waals surface area contributed by atoms with Crippen LogP contribution in [0.4, 0.5) is 13.2 Å². The third kappa shape index (κ3) is 3.73. The van der Waals surface area contributed by atoms with Gasteiger partial charge in [-0.05, 0) is 6.42 Å². The molecule has 0 aliphatic carbocycles. The second-order valence-corrected chi connectivity index (χ2v) is 3.49. The van der Waals surface area contributed by atoms with E-state index in [1.54, 1.807) is 0 Å². The van der Waals surface area contributed by atoms with Gasteiger partial charge in [-0.3, -0.25) is 4.98 Å². The largest absolute Gasteiger partial charge is 0.389 e. The average Bonchev–Trinajstić information content (AvgIpc) is 2.50. The molecule has 0 saturated heterocycles. The number of aliphatic hydroxyl groups excluding tert-OH is 1. The van der Waals surface area contributed by atoms with Crippen molar-refractivity contribution in [2.75, 3.05) is 0 Å². The van der Waals surface area contributed by atoms with E-state index in [9.17, 15) is 18.3 Å². The fraction of sp³-hybridized carbons (Fsp3) is 0.571. The molecule has 0 amide bonds. The van der Waals surface area contributed by atoms with Crippen molar-refractivity contribution in [3.8, 4) is 0 Å². The third-order valence-corrected chi connectivity index (χ3v) is 2.36. The summed E-state index contributed by atoms with van der Waals surface area (Å²) in [5, 5.41) is 9.24. The summed E-state index contributed by atoms with van der Waals surface area (Å²) in [5.41, 5.74) is 1.48. The van der Waals surface area contributed by atoms with E-state index >= 15 is 0 Å². The molecule has 0 aliphatic rings. The zero-order chi connectivity index (χ0) is 9.90. The quantitative estimate of drug-likeness (QED) is 0.833. The van der Waals surface area contributed by atoms with Crippen LogP contribution < -0.4 is 0 Å². The monoisotopic (exact) mass is 211 g/mol. The van der Waals surface area contributed by atoms with E-state index in [0.29, 0.717) is 4.88 Å². The Morgan fingerprint density at radius 1 is 1.54 bits per heavy atom. The Kier molecular flexibility index (Phi) is 3.27. The number of rotatable bonds is 3. The van der Waals surface area contributed by atoms with Crippen molar-refractivity contribution in [3.63, 3.8) is 0 Å². The van der Waals surface area contributed by atoms with E-state index in [0.717, 1.165) is 11.3 Å². The van der Waals surface area contributed by atoms with Gasteiger partial charge in [-0.15, -0.1) is 11.3 Å². The predicted octanol–water partition coefficient (Wildman–Crippen LogP) is 2.52. The summed E-state index contributed by atoms with van der Waals surface area (Å²) in [6.07, 6.45) is -5.14. The Hall–Kier alpha value is -0.620. The molecule has 1 unspecified atom stereocenters. The lowest BCUT2D eigenvalue weighted by molar-refractivity contribution is -0.140. The van der Waals surface area contributed by atoms with Crippen molar-refractivity contribution < 1.29 is 18.3 Å². The minimum absolute atomic E-state index is 0.300. The highest BCUT2D eigenvalue weighted by Crippen LogP contribution is 2.28. The first-order valence-corrected chi connectivity index (χ1v) is 4.50. The topological polar surface area (TPSA) is 33.1 Å². The number of thiazole rings is 1. The fourth-order valence-corrected chi connectivity index (χ4v) is 1.47. The summed E-state index contributed by atoms with van der Waals surface area (Å²) < 4.78 is 35.2. The maximum Gasteiger partial charge on any atom is 0.389 e. The Balaban J connectivity index is 2.39. The van der Waals surface area contributed by atoms with E-state index in [2.05, 4.69) is 4.98 Å². The van der Waals surface area contributed by atoms with Gasteiger partial charge in [0.1, 0.15) is 0 Å².